The maximum Gasteiger partial charge on any atom is 0.325 e. The Labute approximate surface area is 153 Å². The smallest absolute Gasteiger partial charge is 0.325 e. The monoisotopic (exact) mass is 368 g/mol. The zero-order valence-electron chi connectivity index (χ0n) is 14.2. The van der Waals surface area contributed by atoms with Crippen molar-refractivity contribution in [2.24, 2.45) is 0 Å². The second-order valence-corrected chi connectivity index (χ2v) is 6.98. The fourth-order valence-corrected chi connectivity index (χ4v) is 3.54. The number of carbonyl (C=O) groups excluding carboxylic acids is 2. The quantitative estimate of drug-likeness (QED) is 0.715. The van der Waals surface area contributed by atoms with Crippen molar-refractivity contribution >= 4 is 23.3 Å². The highest BCUT2D eigenvalue weighted by Gasteiger charge is 2.50. The van der Waals surface area contributed by atoms with Crippen LogP contribution in [0.25, 0.3) is 11.5 Å². The summed E-state index contributed by atoms with van der Waals surface area (Å²) in [5, 5.41) is 6.60. The van der Waals surface area contributed by atoms with E-state index in [0.29, 0.717) is 23.0 Å². The first-order valence-corrected chi connectivity index (χ1v) is 8.98. The number of oxazole rings is 1. The van der Waals surface area contributed by atoms with Crippen molar-refractivity contribution in [1.29, 1.82) is 0 Å². The summed E-state index contributed by atoms with van der Waals surface area (Å²) in [6, 6.07) is 6.70. The average Bonchev–Trinajstić information content (AvgIpc) is 3.33. The lowest BCUT2D eigenvalue weighted by atomic mass is 9.97. The van der Waals surface area contributed by atoms with Crippen LogP contribution in [0.5, 0.6) is 0 Å². The number of nitrogens with zero attached hydrogens (tertiary/aromatic N) is 3. The topological polar surface area (TPSA) is 88.3 Å². The van der Waals surface area contributed by atoms with Crippen LogP contribution in [0.4, 0.5) is 4.79 Å². The molecular formula is C18H16N4O3S. The Kier molecular flexibility index (Phi) is 3.84. The number of imide groups is 1. The zero-order valence-corrected chi connectivity index (χ0v) is 15.0. The largest absolute Gasteiger partial charge is 0.441 e. The molecule has 3 amide bonds. The molecule has 4 heterocycles. The molecule has 1 N–H and O–H groups in total. The van der Waals surface area contributed by atoms with Crippen molar-refractivity contribution in [3.63, 3.8) is 0 Å². The lowest BCUT2D eigenvalue weighted by Gasteiger charge is -2.20. The predicted molar refractivity (Wildman–Crippen MR) is 95.2 cm³/mol. The van der Waals surface area contributed by atoms with E-state index in [4.69, 9.17) is 4.42 Å². The van der Waals surface area contributed by atoms with Crippen LogP contribution in [-0.2, 0) is 16.9 Å². The summed E-state index contributed by atoms with van der Waals surface area (Å²) < 4.78 is 5.69. The van der Waals surface area contributed by atoms with Gasteiger partial charge >= 0.3 is 6.03 Å². The Balaban J connectivity index is 1.61. The Morgan fingerprint density at radius 2 is 2.15 bits per heavy atom. The molecule has 1 fully saturated rings. The molecule has 0 bridgehead atoms. The molecule has 1 aliphatic rings. The Morgan fingerprint density at radius 3 is 2.85 bits per heavy atom. The number of hydrogen-bond donors (Lipinski definition) is 1. The summed E-state index contributed by atoms with van der Waals surface area (Å²) >= 11 is 1.55. The van der Waals surface area contributed by atoms with Crippen LogP contribution < -0.4 is 5.32 Å². The van der Waals surface area contributed by atoms with Gasteiger partial charge in [-0.05, 0) is 37.4 Å². The van der Waals surface area contributed by atoms with E-state index in [2.05, 4.69) is 15.3 Å². The van der Waals surface area contributed by atoms with E-state index in [1.807, 2.05) is 16.8 Å². The van der Waals surface area contributed by atoms with Gasteiger partial charge in [0.2, 0.25) is 5.89 Å². The molecule has 1 atom stereocenters. The molecule has 1 aliphatic heterocycles. The Hall–Kier alpha value is -3.00. The van der Waals surface area contributed by atoms with Gasteiger partial charge in [0.1, 0.15) is 11.5 Å². The molecule has 8 heteroatoms. The second-order valence-electron chi connectivity index (χ2n) is 6.20. The standard InChI is InChI=1S/C18H16N4O3S/c1-11-13(20-15(25-11)12-6-8-26-10-12)9-22-16(23)18(2,21-17(22)24)14-5-3-4-7-19-14/h3-8,10H,9H2,1-2H3,(H,21,24). The Morgan fingerprint density at radius 1 is 1.31 bits per heavy atom. The lowest BCUT2D eigenvalue weighted by molar-refractivity contribution is -0.131. The Bertz CT molecular complexity index is 968. The third-order valence-corrected chi connectivity index (χ3v) is 5.10. The summed E-state index contributed by atoms with van der Waals surface area (Å²) in [7, 11) is 0. The first-order valence-electron chi connectivity index (χ1n) is 8.03. The van der Waals surface area contributed by atoms with Crippen molar-refractivity contribution in [1.82, 2.24) is 20.2 Å². The lowest BCUT2D eigenvalue weighted by Crippen LogP contribution is -2.41. The van der Waals surface area contributed by atoms with Crippen LogP contribution in [0.2, 0.25) is 0 Å². The molecule has 0 spiro atoms. The van der Waals surface area contributed by atoms with E-state index in [1.54, 1.807) is 49.6 Å². The molecule has 4 rings (SSSR count). The molecule has 0 saturated carbocycles. The molecule has 0 radical (unpaired) electrons. The molecule has 132 valence electrons. The van der Waals surface area contributed by atoms with Crippen LogP contribution in [0.3, 0.4) is 0 Å². The van der Waals surface area contributed by atoms with Crippen LogP contribution >= 0.6 is 11.3 Å². The highest BCUT2D eigenvalue weighted by molar-refractivity contribution is 7.08. The summed E-state index contributed by atoms with van der Waals surface area (Å²) in [4.78, 5) is 35.2. The fraction of sp³-hybridized carbons (Fsp3) is 0.222. The molecule has 3 aromatic rings. The first kappa shape index (κ1) is 16.5. The van der Waals surface area contributed by atoms with Crippen molar-refractivity contribution in [2.75, 3.05) is 0 Å². The maximum atomic E-state index is 12.9. The number of hydrogen-bond acceptors (Lipinski definition) is 6. The van der Waals surface area contributed by atoms with Gasteiger partial charge in [-0.1, -0.05) is 6.07 Å². The minimum absolute atomic E-state index is 0.0482. The molecular weight excluding hydrogens is 352 g/mol. The van der Waals surface area contributed by atoms with E-state index in [9.17, 15) is 9.59 Å². The van der Waals surface area contributed by atoms with E-state index in [1.165, 1.54) is 0 Å². The van der Waals surface area contributed by atoms with Gasteiger partial charge in [-0.2, -0.15) is 11.3 Å². The number of amides is 3. The summed E-state index contributed by atoms with van der Waals surface area (Å²) in [5.41, 5.74) is 0.739. The molecule has 1 saturated heterocycles. The summed E-state index contributed by atoms with van der Waals surface area (Å²) in [5.74, 6) is 0.706. The number of aromatic nitrogens is 2. The van der Waals surface area contributed by atoms with Gasteiger partial charge in [0.05, 0.1) is 12.2 Å². The third-order valence-electron chi connectivity index (χ3n) is 4.42. The number of pyridine rings is 1. The van der Waals surface area contributed by atoms with Crippen molar-refractivity contribution < 1.29 is 14.0 Å². The van der Waals surface area contributed by atoms with Crippen LogP contribution in [-0.4, -0.2) is 26.8 Å². The van der Waals surface area contributed by atoms with Gasteiger partial charge in [-0.3, -0.25) is 14.7 Å². The number of urea groups is 1. The number of carbonyl (C=O) groups is 2. The number of rotatable bonds is 4. The minimum atomic E-state index is -1.19. The van der Waals surface area contributed by atoms with Gasteiger partial charge in [-0.15, -0.1) is 0 Å². The molecule has 7 nitrogen and oxygen atoms in total. The van der Waals surface area contributed by atoms with Gasteiger partial charge in [0, 0.05) is 17.1 Å². The van der Waals surface area contributed by atoms with Gasteiger partial charge in [0.15, 0.2) is 5.54 Å². The molecule has 26 heavy (non-hydrogen) atoms. The first-order chi connectivity index (χ1) is 12.5. The van der Waals surface area contributed by atoms with Crippen molar-refractivity contribution in [2.45, 2.75) is 25.9 Å². The highest BCUT2D eigenvalue weighted by atomic mass is 32.1. The SMILES string of the molecule is Cc1oc(-c2ccsc2)nc1CN1C(=O)NC(C)(c2ccccn2)C1=O. The minimum Gasteiger partial charge on any atom is -0.441 e. The molecule has 0 aliphatic carbocycles. The van der Waals surface area contributed by atoms with Gasteiger partial charge < -0.3 is 9.73 Å². The van der Waals surface area contributed by atoms with Gasteiger partial charge in [0.25, 0.3) is 5.91 Å². The molecule has 0 aromatic carbocycles. The number of thiophene rings is 1. The average molecular weight is 368 g/mol. The van der Waals surface area contributed by atoms with Crippen molar-refractivity contribution in [3.8, 4) is 11.5 Å². The van der Waals surface area contributed by atoms with Crippen LogP contribution in [0.15, 0.2) is 45.6 Å². The summed E-state index contributed by atoms with van der Waals surface area (Å²) in [6.45, 7) is 3.48. The summed E-state index contributed by atoms with van der Waals surface area (Å²) in [6.07, 6.45) is 1.59. The van der Waals surface area contributed by atoms with Crippen LogP contribution in [0, 0.1) is 6.92 Å². The maximum absolute atomic E-state index is 12.9. The number of aryl methyl sites for hydroxylation is 1. The van der Waals surface area contributed by atoms with Crippen molar-refractivity contribution in [3.05, 3.63) is 58.4 Å². The molecule has 3 aromatic heterocycles. The predicted octanol–water partition coefficient (Wildman–Crippen LogP) is 3.07. The van der Waals surface area contributed by atoms with Crippen LogP contribution in [0.1, 0.15) is 24.1 Å². The second kappa shape index (κ2) is 6.06. The molecule has 1 unspecified atom stereocenters. The fourth-order valence-electron chi connectivity index (χ4n) is 2.91. The zero-order chi connectivity index (χ0) is 18.3. The highest BCUT2D eigenvalue weighted by Crippen LogP contribution is 2.30. The number of nitrogens with one attached hydrogen (secondary N) is 1. The normalized spacial score (nSPS) is 19.8. The van der Waals surface area contributed by atoms with Gasteiger partial charge in [-0.25, -0.2) is 9.78 Å². The third kappa shape index (κ3) is 2.59. The van der Waals surface area contributed by atoms with E-state index < -0.39 is 11.6 Å². The van der Waals surface area contributed by atoms with E-state index in [0.717, 1.165) is 10.5 Å². The van der Waals surface area contributed by atoms with E-state index in [-0.39, 0.29) is 12.5 Å². The van der Waals surface area contributed by atoms with E-state index >= 15 is 0 Å².